The van der Waals surface area contributed by atoms with Crippen molar-refractivity contribution >= 4 is 0 Å². The molecule has 100 valence electrons. The number of hydrogen-bond donors (Lipinski definition) is 2. The number of halogens is 3. The van der Waals surface area contributed by atoms with Crippen LogP contribution in [0.25, 0.3) is 0 Å². The predicted molar refractivity (Wildman–Crippen MR) is 62.1 cm³/mol. The summed E-state index contributed by atoms with van der Waals surface area (Å²) in [6.07, 6.45) is -3.50. The smallest absolute Gasteiger partial charge is 0.392 e. The van der Waals surface area contributed by atoms with Crippen molar-refractivity contribution < 1.29 is 18.3 Å². The van der Waals surface area contributed by atoms with E-state index < -0.39 is 17.8 Å². The number of rotatable bonds is 2. The number of β-amino-alcohol motifs (C(OH)–C–C–N with tert-alkyl or cyclic N) is 1. The Bertz CT molecular complexity index is 405. The molecule has 2 N–H and O–H groups in total. The topological polar surface area (TPSA) is 32.3 Å². The molecule has 5 heteroatoms. The highest BCUT2D eigenvalue weighted by molar-refractivity contribution is 5.26. The van der Waals surface area contributed by atoms with Gasteiger partial charge in [-0.05, 0) is 36.9 Å². The maximum Gasteiger partial charge on any atom is 0.416 e. The first-order valence-corrected chi connectivity index (χ1v) is 6.02. The lowest BCUT2D eigenvalue weighted by Crippen LogP contribution is -2.41. The minimum Gasteiger partial charge on any atom is -0.392 e. The highest BCUT2D eigenvalue weighted by Crippen LogP contribution is 2.30. The van der Waals surface area contributed by atoms with Gasteiger partial charge in [0.25, 0.3) is 0 Å². The van der Waals surface area contributed by atoms with Crippen LogP contribution < -0.4 is 5.32 Å². The molecule has 1 saturated heterocycles. The highest BCUT2D eigenvalue weighted by Gasteiger charge is 2.31. The van der Waals surface area contributed by atoms with E-state index in [1.165, 1.54) is 12.1 Å². The molecule has 1 fully saturated rings. The Labute approximate surface area is 104 Å². The van der Waals surface area contributed by atoms with Crippen LogP contribution in [0.3, 0.4) is 0 Å². The summed E-state index contributed by atoms with van der Waals surface area (Å²) in [5.41, 5.74) is 0.0131. The molecule has 18 heavy (non-hydrogen) atoms. The van der Waals surface area contributed by atoms with Crippen LogP contribution in [0.2, 0.25) is 0 Å². The van der Waals surface area contributed by atoms with Gasteiger partial charge in [0.2, 0.25) is 0 Å². The number of aliphatic hydroxyl groups excluding tert-OH is 1. The van der Waals surface area contributed by atoms with Crippen LogP contribution in [0.15, 0.2) is 24.3 Å². The minimum atomic E-state index is -4.30. The number of piperidine rings is 1. The third-order valence-corrected chi connectivity index (χ3v) is 3.34. The van der Waals surface area contributed by atoms with Gasteiger partial charge in [-0.25, -0.2) is 0 Å². The Kier molecular flexibility index (Phi) is 3.92. The standard InChI is InChI=1S/C13H16F3NO/c14-13(15,16)11-3-1-2-9(7-11)6-10-4-5-17-8-12(10)18/h1-3,7,10,12,17-18H,4-6,8H2. The molecule has 0 bridgehead atoms. The summed E-state index contributed by atoms with van der Waals surface area (Å²) in [5, 5.41) is 12.8. The monoisotopic (exact) mass is 259 g/mol. The van der Waals surface area contributed by atoms with Crippen LogP contribution in [-0.2, 0) is 12.6 Å². The van der Waals surface area contributed by atoms with E-state index in [9.17, 15) is 18.3 Å². The van der Waals surface area contributed by atoms with Gasteiger partial charge in [-0.1, -0.05) is 18.2 Å². The van der Waals surface area contributed by atoms with Gasteiger partial charge in [-0.2, -0.15) is 13.2 Å². The van der Waals surface area contributed by atoms with Crippen LogP contribution in [0.1, 0.15) is 17.5 Å². The zero-order valence-electron chi connectivity index (χ0n) is 9.87. The largest absolute Gasteiger partial charge is 0.416 e. The SMILES string of the molecule is OC1CNCCC1Cc1cccc(C(F)(F)F)c1. The van der Waals surface area contributed by atoms with Crippen molar-refractivity contribution in [2.75, 3.05) is 13.1 Å². The van der Waals surface area contributed by atoms with E-state index in [0.29, 0.717) is 18.5 Å². The molecule has 1 heterocycles. The molecule has 0 aliphatic carbocycles. The summed E-state index contributed by atoms with van der Waals surface area (Å²) in [4.78, 5) is 0. The number of alkyl halides is 3. The highest BCUT2D eigenvalue weighted by atomic mass is 19.4. The molecule has 1 aromatic carbocycles. The first-order valence-electron chi connectivity index (χ1n) is 6.02. The van der Waals surface area contributed by atoms with Crippen LogP contribution in [0.4, 0.5) is 13.2 Å². The number of benzene rings is 1. The average Bonchev–Trinajstić information content (AvgIpc) is 2.31. The fourth-order valence-corrected chi connectivity index (χ4v) is 2.31. The quantitative estimate of drug-likeness (QED) is 0.853. The van der Waals surface area contributed by atoms with E-state index in [-0.39, 0.29) is 5.92 Å². The van der Waals surface area contributed by atoms with Crippen molar-refractivity contribution in [2.24, 2.45) is 5.92 Å². The fourth-order valence-electron chi connectivity index (χ4n) is 2.31. The zero-order valence-corrected chi connectivity index (χ0v) is 9.87. The number of aliphatic hydroxyl groups is 1. The molecule has 0 radical (unpaired) electrons. The summed E-state index contributed by atoms with van der Waals surface area (Å²) in [5.74, 6) is 0.0368. The molecule has 2 unspecified atom stereocenters. The summed E-state index contributed by atoms with van der Waals surface area (Å²) >= 11 is 0. The van der Waals surface area contributed by atoms with E-state index in [4.69, 9.17) is 0 Å². The molecule has 1 aromatic rings. The maximum absolute atomic E-state index is 12.6. The summed E-state index contributed by atoms with van der Waals surface area (Å²) in [7, 11) is 0. The van der Waals surface area contributed by atoms with Gasteiger partial charge >= 0.3 is 6.18 Å². The Hall–Kier alpha value is -1.07. The fraction of sp³-hybridized carbons (Fsp3) is 0.538. The Morgan fingerprint density at radius 3 is 2.78 bits per heavy atom. The molecule has 0 saturated carbocycles. The van der Waals surface area contributed by atoms with E-state index in [0.717, 1.165) is 19.0 Å². The van der Waals surface area contributed by atoms with Crippen molar-refractivity contribution in [1.82, 2.24) is 5.32 Å². The van der Waals surface area contributed by atoms with Gasteiger partial charge in [0.05, 0.1) is 11.7 Å². The molecule has 2 rings (SSSR count). The molecule has 1 aliphatic rings. The van der Waals surface area contributed by atoms with Crippen LogP contribution in [0, 0.1) is 5.92 Å². The minimum absolute atomic E-state index is 0.0368. The molecule has 2 atom stereocenters. The van der Waals surface area contributed by atoms with E-state index in [1.54, 1.807) is 6.07 Å². The number of hydrogen-bond acceptors (Lipinski definition) is 2. The predicted octanol–water partition coefficient (Wildman–Crippen LogP) is 2.22. The van der Waals surface area contributed by atoms with Gasteiger partial charge in [0, 0.05) is 6.54 Å². The Balaban J connectivity index is 2.09. The lowest BCUT2D eigenvalue weighted by molar-refractivity contribution is -0.137. The Morgan fingerprint density at radius 2 is 2.11 bits per heavy atom. The van der Waals surface area contributed by atoms with E-state index >= 15 is 0 Å². The summed E-state index contributed by atoms with van der Waals surface area (Å²) in [6.45, 7) is 1.32. The van der Waals surface area contributed by atoms with Gasteiger partial charge in [-0.15, -0.1) is 0 Å². The first-order chi connectivity index (χ1) is 8.47. The second-order valence-electron chi connectivity index (χ2n) is 4.72. The maximum atomic E-state index is 12.6. The summed E-state index contributed by atoms with van der Waals surface area (Å²) in [6, 6.07) is 5.35. The van der Waals surface area contributed by atoms with Crippen LogP contribution >= 0.6 is 0 Å². The lowest BCUT2D eigenvalue weighted by atomic mass is 9.88. The molecular formula is C13H16F3NO. The normalized spacial score (nSPS) is 25.1. The van der Waals surface area contributed by atoms with Crippen molar-refractivity contribution in [3.8, 4) is 0 Å². The van der Waals surface area contributed by atoms with Crippen molar-refractivity contribution in [2.45, 2.75) is 25.1 Å². The third-order valence-electron chi connectivity index (χ3n) is 3.34. The second kappa shape index (κ2) is 5.28. The zero-order chi connectivity index (χ0) is 13.2. The van der Waals surface area contributed by atoms with Crippen molar-refractivity contribution in [3.05, 3.63) is 35.4 Å². The first kappa shape index (κ1) is 13.4. The molecular weight excluding hydrogens is 243 g/mol. The van der Waals surface area contributed by atoms with Crippen LogP contribution in [-0.4, -0.2) is 24.3 Å². The van der Waals surface area contributed by atoms with Crippen LogP contribution in [0.5, 0.6) is 0 Å². The Morgan fingerprint density at radius 1 is 1.33 bits per heavy atom. The van der Waals surface area contributed by atoms with Gasteiger partial charge in [0.1, 0.15) is 0 Å². The van der Waals surface area contributed by atoms with Gasteiger partial charge in [-0.3, -0.25) is 0 Å². The van der Waals surface area contributed by atoms with Crippen molar-refractivity contribution in [3.63, 3.8) is 0 Å². The number of nitrogens with one attached hydrogen (secondary N) is 1. The molecule has 0 aromatic heterocycles. The van der Waals surface area contributed by atoms with E-state index in [1.807, 2.05) is 0 Å². The molecule has 0 spiro atoms. The third kappa shape index (κ3) is 3.23. The van der Waals surface area contributed by atoms with Gasteiger partial charge in [0.15, 0.2) is 0 Å². The average molecular weight is 259 g/mol. The summed E-state index contributed by atoms with van der Waals surface area (Å²) < 4.78 is 37.7. The van der Waals surface area contributed by atoms with Gasteiger partial charge < -0.3 is 10.4 Å². The molecule has 0 amide bonds. The molecule has 2 nitrogen and oxygen atoms in total. The van der Waals surface area contributed by atoms with E-state index in [2.05, 4.69) is 5.32 Å². The lowest BCUT2D eigenvalue weighted by Gasteiger charge is -2.28. The van der Waals surface area contributed by atoms with Crippen molar-refractivity contribution in [1.29, 1.82) is 0 Å². The molecule has 1 aliphatic heterocycles. The second-order valence-corrected chi connectivity index (χ2v) is 4.72.